The molecule has 8 nitrogen and oxygen atoms in total. The number of aliphatic carboxylic acids is 1. The summed E-state index contributed by atoms with van der Waals surface area (Å²) in [5, 5.41) is 30.3. The predicted molar refractivity (Wildman–Crippen MR) is 158 cm³/mol. The zero-order chi connectivity index (χ0) is 29.0. The molecule has 9 heteroatoms. The van der Waals surface area contributed by atoms with E-state index < -0.39 is 12.3 Å². The van der Waals surface area contributed by atoms with Gasteiger partial charge in [-0.3, -0.25) is 9.59 Å². The lowest BCUT2D eigenvalue weighted by molar-refractivity contribution is -0.245. The van der Waals surface area contributed by atoms with Crippen LogP contribution in [0.4, 0.5) is 0 Å². The lowest BCUT2D eigenvalue weighted by Crippen LogP contribution is -2.31. The molecule has 1 aliphatic rings. The van der Waals surface area contributed by atoms with Crippen LogP contribution in [0, 0.1) is 0 Å². The Morgan fingerprint density at radius 1 is 0.902 bits per heavy atom. The van der Waals surface area contributed by atoms with Crippen LogP contribution in [-0.2, 0) is 32.2 Å². The van der Waals surface area contributed by atoms with Crippen LogP contribution in [0.15, 0.2) is 72.8 Å². The Hall–Kier alpha value is -3.21. The molecule has 4 rings (SSSR count). The first-order valence-corrected chi connectivity index (χ1v) is 15.0. The first-order chi connectivity index (χ1) is 20.0. The summed E-state index contributed by atoms with van der Waals surface area (Å²) in [7, 11) is 0. The summed E-state index contributed by atoms with van der Waals surface area (Å²) in [4.78, 5) is 22.9. The number of benzene rings is 3. The number of carbonyl (C=O) groups is 2. The van der Waals surface area contributed by atoms with E-state index >= 15 is 0 Å². The van der Waals surface area contributed by atoms with Crippen molar-refractivity contribution in [3.05, 3.63) is 95.1 Å². The Kier molecular flexibility index (Phi) is 11.8. The molecule has 1 fully saturated rings. The number of rotatable bonds is 14. The quantitative estimate of drug-likeness (QED) is 0.197. The molecule has 0 radical (unpaired) electrons. The van der Waals surface area contributed by atoms with Gasteiger partial charge in [-0.2, -0.15) is 11.8 Å². The highest BCUT2D eigenvalue weighted by molar-refractivity contribution is 7.99. The van der Waals surface area contributed by atoms with E-state index in [1.54, 1.807) is 11.8 Å². The van der Waals surface area contributed by atoms with Gasteiger partial charge in [0, 0.05) is 42.9 Å². The van der Waals surface area contributed by atoms with Crippen molar-refractivity contribution in [1.29, 1.82) is 0 Å². The standard InChI is InChI=1S/C32H37NO7S/c34-16-17-41-21-27-18-29(24-10-8-22(20-35)9-11-24)40-32(39-27)25-14-12-23(13-15-25)28-5-2-1-4-26(28)19-33-30(36)6-3-7-31(37)38/h1-2,4-5,8-15,27,29,32,34-35H,3,6-7,16-21H2,(H,33,36)(H,37,38)/t27-,29+,32+/m1/s1. The molecule has 0 bridgehead atoms. The first kappa shape index (κ1) is 30.7. The minimum absolute atomic E-state index is 0.00734. The summed E-state index contributed by atoms with van der Waals surface area (Å²) in [6.07, 6.45) is 0.389. The van der Waals surface area contributed by atoms with E-state index in [-0.39, 0.29) is 44.2 Å². The van der Waals surface area contributed by atoms with Gasteiger partial charge in [0.15, 0.2) is 6.29 Å². The zero-order valence-electron chi connectivity index (χ0n) is 22.9. The van der Waals surface area contributed by atoms with Crippen molar-refractivity contribution in [2.45, 2.75) is 57.3 Å². The van der Waals surface area contributed by atoms with Gasteiger partial charge in [-0.15, -0.1) is 0 Å². The number of thioether (sulfide) groups is 1. The second-order valence-corrected chi connectivity index (χ2v) is 11.1. The minimum Gasteiger partial charge on any atom is -0.481 e. The molecule has 41 heavy (non-hydrogen) atoms. The molecule has 0 unspecified atom stereocenters. The topological polar surface area (TPSA) is 125 Å². The third-order valence-electron chi connectivity index (χ3n) is 6.94. The van der Waals surface area contributed by atoms with Crippen LogP contribution in [0.2, 0.25) is 0 Å². The SMILES string of the molecule is O=C(O)CCCC(=O)NCc1ccccc1-c1ccc([C@H]2O[C@@H](CSCCO)C[C@@H](c3ccc(CO)cc3)O2)cc1. The Labute approximate surface area is 244 Å². The van der Waals surface area contributed by atoms with Crippen molar-refractivity contribution in [2.24, 2.45) is 0 Å². The van der Waals surface area contributed by atoms with Gasteiger partial charge in [0.2, 0.25) is 5.91 Å². The van der Waals surface area contributed by atoms with Crippen molar-refractivity contribution >= 4 is 23.6 Å². The summed E-state index contributed by atoms with van der Waals surface area (Å²) in [6, 6.07) is 23.7. The predicted octanol–water partition coefficient (Wildman–Crippen LogP) is 4.99. The summed E-state index contributed by atoms with van der Waals surface area (Å²) < 4.78 is 12.8. The van der Waals surface area contributed by atoms with Crippen molar-refractivity contribution in [3.8, 4) is 11.1 Å². The number of amides is 1. The van der Waals surface area contributed by atoms with E-state index in [4.69, 9.17) is 14.6 Å². The highest BCUT2D eigenvalue weighted by Crippen LogP contribution is 2.39. The first-order valence-electron chi connectivity index (χ1n) is 13.8. The number of aliphatic hydroxyl groups excluding tert-OH is 2. The number of carbonyl (C=O) groups excluding carboxylic acids is 1. The lowest BCUT2D eigenvalue weighted by Gasteiger charge is -2.36. The molecule has 3 aromatic carbocycles. The molecule has 1 amide bonds. The van der Waals surface area contributed by atoms with Crippen molar-refractivity contribution in [1.82, 2.24) is 5.32 Å². The highest BCUT2D eigenvalue weighted by Gasteiger charge is 2.32. The van der Waals surface area contributed by atoms with E-state index in [9.17, 15) is 19.8 Å². The summed E-state index contributed by atoms with van der Waals surface area (Å²) in [6.45, 7) is 0.468. The highest BCUT2D eigenvalue weighted by atomic mass is 32.2. The lowest BCUT2D eigenvalue weighted by atomic mass is 9.97. The van der Waals surface area contributed by atoms with Gasteiger partial charge >= 0.3 is 5.97 Å². The smallest absolute Gasteiger partial charge is 0.303 e. The van der Waals surface area contributed by atoms with Gasteiger partial charge < -0.3 is 30.1 Å². The van der Waals surface area contributed by atoms with Crippen LogP contribution in [0.25, 0.3) is 11.1 Å². The molecule has 218 valence electrons. The fraction of sp³-hybridized carbons (Fsp3) is 0.375. The molecule has 0 spiro atoms. The second-order valence-electron chi connectivity index (χ2n) is 9.95. The van der Waals surface area contributed by atoms with Gasteiger partial charge in [0.1, 0.15) is 0 Å². The van der Waals surface area contributed by atoms with Crippen LogP contribution in [0.5, 0.6) is 0 Å². The molecule has 1 heterocycles. The molecule has 0 aliphatic carbocycles. The summed E-state index contributed by atoms with van der Waals surface area (Å²) in [5.74, 6) is 0.325. The molecular weight excluding hydrogens is 542 g/mol. The third-order valence-corrected chi connectivity index (χ3v) is 8.01. The van der Waals surface area contributed by atoms with Crippen LogP contribution in [0.3, 0.4) is 0 Å². The maximum Gasteiger partial charge on any atom is 0.303 e. The number of hydrogen-bond acceptors (Lipinski definition) is 7. The Morgan fingerprint density at radius 3 is 2.34 bits per heavy atom. The van der Waals surface area contributed by atoms with Gasteiger partial charge in [0.05, 0.1) is 25.4 Å². The van der Waals surface area contributed by atoms with Crippen molar-refractivity contribution in [2.75, 3.05) is 18.1 Å². The molecular formula is C32H37NO7S. The number of nitrogens with one attached hydrogen (secondary N) is 1. The summed E-state index contributed by atoms with van der Waals surface area (Å²) >= 11 is 1.65. The number of carboxylic acid groups (broad SMARTS) is 1. The molecule has 0 aromatic heterocycles. The molecule has 4 N–H and O–H groups in total. The average Bonchev–Trinajstić information content (AvgIpc) is 3.00. The van der Waals surface area contributed by atoms with Gasteiger partial charge in [-0.25, -0.2) is 0 Å². The normalized spacial score (nSPS) is 18.6. The molecule has 3 aromatic rings. The number of carboxylic acids is 1. The second kappa shape index (κ2) is 15.7. The third kappa shape index (κ3) is 9.14. The Morgan fingerprint density at radius 2 is 1.63 bits per heavy atom. The fourth-order valence-corrected chi connectivity index (χ4v) is 5.53. The molecule has 3 atom stereocenters. The largest absolute Gasteiger partial charge is 0.481 e. The maximum absolute atomic E-state index is 12.2. The fourth-order valence-electron chi connectivity index (χ4n) is 4.76. The van der Waals surface area contributed by atoms with Crippen molar-refractivity contribution in [3.63, 3.8) is 0 Å². The maximum atomic E-state index is 12.2. The monoisotopic (exact) mass is 579 g/mol. The Bertz CT molecular complexity index is 1270. The van der Waals surface area contributed by atoms with E-state index in [2.05, 4.69) is 5.32 Å². The average molecular weight is 580 g/mol. The van der Waals surface area contributed by atoms with Crippen LogP contribution < -0.4 is 5.32 Å². The van der Waals surface area contributed by atoms with E-state index in [0.717, 1.165) is 39.1 Å². The molecule has 0 saturated carbocycles. The summed E-state index contributed by atoms with van der Waals surface area (Å²) in [5.41, 5.74) is 5.72. The number of aliphatic hydroxyl groups is 2. The van der Waals surface area contributed by atoms with Gasteiger partial charge in [0.25, 0.3) is 0 Å². The Balaban J connectivity index is 1.46. The number of hydrogen-bond donors (Lipinski definition) is 4. The minimum atomic E-state index is -0.904. The zero-order valence-corrected chi connectivity index (χ0v) is 23.7. The van der Waals surface area contributed by atoms with E-state index in [1.807, 2.05) is 72.8 Å². The van der Waals surface area contributed by atoms with Crippen LogP contribution in [-0.4, -0.2) is 51.4 Å². The van der Waals surface area contributed by atoms with E-state index in [1.165, 1.54) is 0 Å². The van der Waals surface area contributed by atoms with Crippen LogP contribution >= 0.6 is 11.8 Å². The van der Waals surface area contributed by atoms with E-state index in [0.29, 0.717) is 25.1 Å². The van der Waals surface area contributed by atoms with Gasteiger partial charge in [-0.05, 0) is 34.2 Å². The van der Waals surface area contributed by atoms with Crippen LogP contribution in [0.1, 0.15) is 60.3 Å². The van der Waals surface area contributed by atoms with Gasteiger partial charge in [-0.1, -0.05) is 72.8 Å². The van der Waals surface area contributed by atoms with Crippen molar-refractivity contribution < 1.29 is 34.4 Å². The molecule has 1 saturated heterocycles. The molecule has 1 aliphatic heterocycles. The number of ether oxygens (including phenoxy) is 2.